The van der Waals surface area contributed by atoms with Crippen LogP contribution in [-0.4, -0.2) is 43.4 Å². The summed E-state index contributed by atoms with van der Waals surface area (Å²) in [7, 11) is -3.54. The fourth-order valence-corrected chi connectivity index (χ4v) is 4.89. The number of nitrogens with zero attached hydrogens (tertiary/aromatic N) is 1. The Bertz CT molecular complexity index is 556. The Labute approximate surface area is 104 Å². The molecule has 1 aromatic rings. The third kappa shape index (κ3) is 2.17. The molecule has 0 unspecified atom stereocenters. The first-order valence-corrected chi connectivity index (χ1v) is 7.64. The highest BCUT2D eigenvalue weighted by atomic mass is 32.2. The van der Waals surface area contributed by atoms with Gasteiger partial charge in [-0.2, -0.15) is 4.31 Å². The maximum Gasteiger partial charge on any atom is 0.305 e. The molecule has 1 saturated heterocycles. The molecule has 0 radical (unpaired) electrons. The van der Waals surface area contributed by atoms with E-state index in [1.54, 1.807) is 13.8 Å². The van der Waals surface area contributed by atoms with Crippen LogP contribution in [0.1, 0.15) is 12.6 Å². The van der Waals surface area contributed by atoms with Crippen molar-refractivity contribution in [3.05, 3.63) is 15.4 Å². The molecule has 6 nitrogen and oxygen atoms in total. The van der Waals surface area contributed by atoms with Gasteiger partial charge in [0.25, 0.3) is 10.0 Å². The van der Waals surface area contributed by atoms with Crippen LogP contribution in [0.25, 0.3) is 0 Å². The summed E-state index contributed by atoms with van der Waals surface area (Å²) in [5.41, 5.74) is 0.422. The minimum Gasteiger partial charge on any atom is -0.315 e. The van der Waals surface area contributed by atoms with Gasteiger partial charge >= 0.3 is 4.87 Å². The van der Waals surface area contributed by atoms with Crippen molar-refractivity contribution in [2.75, 3.05) is 19.6 Å². The minimum atomic E-state index is -3.54. The number of thiazole rings is 1. The third-order valence-corrected chi connectivity index (χ3v) is 6.41. The van der Waals surface area contributed by atoms with Crippen LogP contribution < -0.4 is 10.2 Å². The predicted octanol–water partition coefficient (Wildman–Crippen LogP) is -0.273. The zero-order valence-corrected chi connectivity index (χ0v) is 11.3. The van der Waals surface area contributed by atoms with E-state index in [0.29, 0.717) is 25.3 Å². The molecule has 1 aliphatic rings. The molecule has 0 atom stereocenters. The maximum atomic E-state index is 12.4. The third-order valence-electron chi connectivity index (χ3n) is 2.80. The number of rotatable bonds is 4. The van der Waals surface area contributed by atoms with E-state index in [9.17, 15) is 13.2 Å². The number of hydrogen-bond acceptors (Lipinski definition) is 5. The highest BCUT2D eigenvalue weighted by Crippen LogP contribution is 2.23. The van der Waals surface area contributed by atoms with Gasteiger partial charge in [-0.15, -0.1) is 0 Å². The lowest BCUT2D eigenvalue weighted by Gasteiger charge is -2.36. The van der Waals surface area contributed by atoms with Crippen molar-refractivity contribution in [2.24, 2.45) is 0 Å². The second kappa shape index (κ2) is 4.52. The van der Waals surface area contributed by atoms with E-state index in [1.807, 2.05) is 0 Å². The number of aryl methyl sites for hydroxylation is 1. The summed E-state index contributed by atoms with van der Waals surface area (Å²) in [6.07, 6.45) is 0. The van der Waals surface area contributed by atoms with Crippen LogP contribution in [0.5, 0.6) is 0 Å². The van der Waals surface area contributed by atoms with Crippen molar-refractivity contribution >= 4 is 21.4 Å². The van der Waals surface area contributed by atoms with Crippen LogP contribution in [-0.2, 0) is 10.0 Å². The van der Waals surface area contributed by atoms with Crippen LogP contribution >= 0.6 is 11.3 Å². The second-order valence-electron chi connectivity index (χ2n) is 3.95. The Hall–Kier alpha value is -0.700. The molecule has 0 saturated carbocycles. The Morgan fingerprint density at radius 1 is 1.47 bits per heavy atom. The van der Waals surface area contributed by atoms with E-state index < -0.39 is 10.0 Å². The topological polar surface area (TPSA) is 82.3 Å². The molecule has 1 fully saturated rings. The lowest BCUT2D eigenvalue weighted by Crippen LogP contribution is -2.58. The fraction of sp³-hybridized carbons (Fsp3) is 0.667. The Balaban J connectivity index is 2.40. The van der Waals surface area contributed by atoms with Gasteiger partial charge in [-0.3, -0.25) is 4.79 Å². The molecule has 0 bridgehead atoms. The molecule has 2 heterocycles. The monoisotopic (exact) mass is 277 g/mol. The smallest absolute Gasteiger partial charge is 0.305 e. The van der Waals surface area contributed by atoms with Gasteiger partial charge < -0.3 is 10.3 Å². The van der Waals surface area contributed by atoms with E-state index in [-0.39, 0.29) is 15.1 Å². The molecule has 2 rings (SSSR count). The van der Waals surface area contributed by atoms with Crippen LogP contribution in [0.3, 0.4) is 0 Å². The Morgan fingerprint density at radius 2 is 2.12 bits per heavy atom. The van der Waals surface area contributed by atoms with Crippen LogP contribution in [0.2, 0.25) is 0 Å². The van der Waals surface area contributed by atoms with Crippen molar-refractivity contribution in [1.82, 2.24) is 14.6 Å². The number of H-pyrrole nitrogens is 1. The minimum absolute atomic E-state index is 0.00148. The van der Waals surface area contributed by atoms with Gasteiger partial charge in [0.15, 0.2) is 4.21 Å². The van der Waals surface area contributed by atoms with E-state index in [1.165, 1.54) is 4.31 Å². The SMILES string of the molecule is CCN(C1CNC1)S(=O)(=O)c1sc(=O)[nH]c1C. The largest absolute Gasteiger partial charge is 0.315 e. The summed E-state index contributed by atoms with van der Waals surface area (Å²) >= 11 is 0.756. The Kier molecular flexibility index (Phi) is 3.39. The molecule has 96 valence electrons. The lowest BCUT2D eigenvalue weighted by molar-refractivity contribution is 0.250. The molecule has 17 heavy (non-hydrogen) atoms. The van der Waals surface area contributed by atoms with Gasteiger partial charge in [0.2, 0.25) is 0 Å². The van der Waals surface area contributed by atoms with Gasteiger partial charge in [-0.25, -0.2) is 8.42 Å². The van der Waals surface area contributed by atoms with Gasteiger partial charge in [-0.1, -0.05) is 18.3 Å². The number of aromatic amines is 1. The van der Waals surface area contributed by atoms with E-state index in [4.69, 9.17) is 0 Å². The Morgan fingerprint density at radius 3 is 2.47 bits per heavy atom. The van der Waals surface area contributed by atoms with Gasteiger partial charge in [0.05, 0.1) is 6.04 Å². The fourth-order valence-electron chi connectivity index (χ4n) is 1.84. The molecule has 0 amide bonds. The summed E-state index contributed by atoms with van der Waals surface area (Å²) in [4.78, 5) is 13.4. The normalized spacial score (nSPS) is 17.4. The molecule has 2 N–H and O–H groups in total. The molecule has 0 aliphatic carbocycles. The van der Waals surface area contributed by atoms with E-state index >= 15 is 0 Å². The molecule has 1 aromatic heterocycles. The number of hydrogen-bond donors (Lipinski definition) is 2. The van der Waals surface area contributed by atoms with Crippen LogP contribution in [0.15, 0.2) is 9.00 Å². The van der Waals surface area contributed by atoms with Gasteiger partial charge in [0, 0.05) is 25.3 Å². The molecular formula is C9H15N3O3S2. The van der Waals surface area contributed by atoms with Crippen LogP contribution in [0, 0.1) is 6.92 Å². The molecule has 0 spiro atoms. The lowest BCUT2D eigenvalue weighted by atomic mass is 10.2. The van der Waals surface area contributed by atoms with Crippen molar-refractivity contribution in [2.45, 2.75) is 24.1 Å². The first-order valence-electron chi connectivity index (χ1n) is 5.39. The average molecular weight is 277 g/mol. The maximum absolute atomic E-state index is 12.4. The van der Waals surface area contributed by atoms with Crippen molar-refractivity contribution in [1.29, 1.82) is 0 Å². The summed E-state index contributed by atoms with van der Waals surface area (Å²) in [5, 5.41) is 3.05. The highest BCUT2D eigenvalue weighted by Gasteiger charge is 2.35. The van der Waals surface area contributed by atoms with Gasteiger partial charge in [0.1, 0.15) is 0 Å². The van der Waals surface area contributed by atoms with Gasteiger partial charge in [-0.05, 0) is 6.92 Å². The van der Waals surface area contributed by atoms with E-state index in [2.05, 4.69) is 10.3 Å². The second-order valence-corrected chi connectivity index (χ2v) is 7.02. The summed E-state index contributed by atoms with van der Waals surface area (Å²) in [5.74, 6) is 0. The highest BCUT2D eigenvalue weighted by molar-refractivity contribution is 7.91. The van der Waals surface area contributed by atoms with Crippen molar-refractivity contribution in [3.8, 4) is 0 Å². The molecule has 0 aromatic carbocycles. The standard InChI is InChI=1S/C9H15N3O3S2/c1-3-12(7-4-10-5-7)17(14,15)8-6(2)11-9(13)16-8/h7,10H,3-5H2,1-2H3,(H,11,13). The first kappa shape index (κ1) is 12.7. The number of likely N-dealkylation sites (N-methyl/N-ethyl adjacent to an activating group) is 1. The summed E-state index contributed by atoms with van der Waals surface area (Å²) < 4.78 is 26.4. The number of nitrogens with one attached hydrogen (secondary N) is 2. The first-order chi connectivity index (χ1) is 7.96. The number of aromatic nitrogens is 1. The van der Waals surface area contributed by atoms with Crippen LogP contribution in [0.4, 0.5) is 0 Å². The summed E-state index contributed by atoms with van der Waals surface area (Å²) in [6, 6.07) is 0.00148. The molecule has 8 heteroatoms. The van der Waals surface area contributed by atoms with Crippen molar-refractivity contribution < 1.29 is 8.42 Å². The zero-order valence-electron chi connectivity index (χ0n) is 9.69. The van der Waals surface area contributed by atoms with Crippen molar-refractivity contribution in [3.63, 3.8) is 0 Å². The number of sulfonamides is 1. The zero-order chi connectivity index (χ0) is 12.6. The summed E-state index contributed by atoms with van der Waals surface area (Å²) in [6.45, 7) is 5.18. The van der Waals surface area contributed by atoms with E-state index in [0.717, 1.165) is 11.3 Å². The molecule has 1 aliphatic heterocycles. The predicted molar refractivity (Wildman–Crippen MR) is 65.9 cm³/mol. The average Bonchev–Trinajstić information content (AvgIpc) is 2.51. The quantitative estimate of drug-likeness (QED) is 0.793. The molecular weight excluding hydrogens is 262 g/mol.